The van der Waals surface area contributed by atoms with Crippen molar-refractivity contribution >= 4 is 5.69 Å². The van der Waals surface area contributed by atoms with Crippen LogP contribution >= 0.6 is 0 Å². The number of hydrogen-bond donors (Lipinski definition) is 1. The number of rotatable bonds is 4. The van der Waals surface area contributed by atoms with Gasteiger partial charge in [-0.15, -0.1) is 0 Å². The highest BCUT2D eigenvalue weighted by atomic mass is 15.2. The summed E-state index contributed by atoms with van der Waals surface area (Å²) in [6.45, 7) is 3.40. The summed E-state index contributed by atoms with van der Waals surface area (Å²) in [6, 6.07) is 7.42. The van der Waals surface area contributed by atoms with Crippen LogP contribution < -0.4 is 10.2 Å². The lowest BCUT2D eigenvalue weighted by Gasteiger charge is -2.21. The Labute approximate surface area is 98.7 Å². The summed E-state index contributed by atoms with van der Waals surface area (Å²) in [7, 11) is 4.24. The molecule has 1 aliphatic rings. The Hall–Kier alpha value is -1.02. The largest absolute Gasteiger partial charge is 0.371 e. The molecule has 0 spiro atoms. The lowest BCUT2D eigenvalue weighted by Crippen LogP contribution is -2.24. The number of nitrogens with zero attached hydrogens (tertiary/aromatic N) is 1. The molecule has 0 aliphatic carbocycles. The van der Waals surface area contributed by atoms with Crippen LogP contribution in [0.1, 0.15) is 24.5 Å². The molecule has 1 N–H and O–H groups in total. The van der Waals surface area contributed by atoms with Gasteiger partial charge in [0.05, 0.1) is 0 Å². The van der Waals surface area contributed by atoms with Crippen molar-refractivity contribution in [2.75, 3.05) is 25.5 Å². The van der Waals surface area contributed by atoms with Crippen molar-refractivity contribution in [3.8, 4) is 0 Å². The molecule has 2 rings (SSSR count). The number of aryl methyl sites for hydroxylation is 1. The highest BCUT2D eigenvalue weighted by Crippen LogP contribution is 2.34. The van der Waals surface area contributed by atoms with Gasteiger partial charge in [0.1, 0.15) is 0 Å². The molecule has 0 amide bonds. The van der Waals surface area contributed by atoms with Gasteiger partial charge in [-0.05, 0) is 50.9 Å². The predicted molar refractivity (Wildman–Crippen MR) is 70.3 cm³/mol. The number of likely N-dealkylation sites (N-methyl/N-ethyl adjacent to an activating group) is 1. The van der Waals surface area contributed by atoms with Crippen molar-refractivity contribution in [3.63, 3.8) is 0 Å². The zero-order chi connectivity index (χ0) is 11.5. The smallest absolute Gasteiger partial charge is 0.0432 e. The Morgan fingerprint density at radius 3 is 3.00 bits per heavy atom. The third-order valence-corrected chi connectivity index (χ3v) is 3.61. The quantitative estimate of drug-likeness (QED) is 0.780. The fourth-order valence-corrected chi connectivity index (χ4v) is 2.60. The summed E-state index contributed by atoms with van der Waals surface area (Å²) in [5, 5.41) is 3.21. The topological polar surface area (TPSA) is 15.3 Å². The molecule has 1 heterocycles. The highest BCUT2D eigenvalue weighted by molar-refractivity contribution is 5.64. The molecule has 2 nitrogen and oxygen atoms in total. The van der Waals surface area contributed by atoms with E-state index in [1.807, 2.05) is 7.05 Å². The monoisotopic (exact) mass is 218 g/mol. The molecule has 0 radical (unpaired) electrons. The standard InChI is InChI=1S/C14H22N2/c1-11-10-13-7-4-6-12(8-5-9-15-2)14(13)16(11)3/h4,6-7,11,15H,5,8-10H2,1-3H3. The predicted octanol–water partition coefficient (Wildman–Crippen LogP) is 2.22. The van der Waals surface area contributed by atoms with Crippen LogP contribution in [0, 0.1) is 0 Å². The second-order valence-corrected chi connectivity index (χ2v) is 4.80. The van der Waals surface area contributed by atoms with Crippen LogP contribution in [0.3, 0.4) is 0 Å². The molecule has 1 aliphatic heterocycles. The van der Waals surface area contributed by atoms with E-state index in [0.717, 1.165) is 6.54 Å². The van der Waals surface area contributed by atoms with E-state index in [4.69, 9.17) is 0 Å². The molecule has 0 bridgehead atoms. The zero-order valence-corrected chi connectivity index (χ0v) is 10.6. The van der Waals surface area contributed by atoms with Crippen molar-refractivity contribution < 1.29 is 0 Å². The maximum Gasteiger partial charge on any atom is 0.0432 e. The first-order valence-electron chi connectivity index (χ1n) is 6.22. The summed E-state index contributed by atoms with van der Waals surface area (Å²) >= 11 is 0. The first-order valence-corrected chi connectivity index (χ1v) is 6.22. The average Bonchev–Trinajstić information content (AvgIpc) is 2.56. The minimum Gasteiger partial charge on any atom is -0.371 e. The number of benzene rings is 1. The average molecular weight is 218 g/mol. The minimum atomic E-state index is 0.653. The van der Waals surface area contributed by atoms with Gasteiger partial charge in [-0.3, -0.25) is 0 Å². The second-order valence-electron chi connectivity index (χ2n) is 4.80. The van der Waals surface area contributed by atoms with E-state index in [0.29, 0.717) is 6.04 Å². The van der Waals surface area contributed by atoms with Crippen molar-refractivity contribution in [1.82, 2.24) is 5.32 Å². The molecular formula is C14H22N2. The van der Waals surface area contributed by atoms with E-state index in [2.05, 4.69) is 42.4 Å². The maximum absolute atomic E-state index is 3.21. The summed E-state index contributed by atoms with van der Waals surface area (Å²) in [5.41, 5.74) is 4.53. The molecule has 2 heteroatoms. The van der Waals surface area contributed by atoms with Crippen molar-refractivity contribution in [3.05, 3.63) is 29.3 Å². The fourth-order valence-electron chi connectivity index (χ4n) is 2.60. The van der Waals surface area contributed by atoms with E-state index in [1.54, 1.807) is 0 Å². The Bertz CT molecular complexity index is 360. The number of fused-ring (bicyclic) bond motifs is 1. The van der Waals surface area contributed by atoms with Crippen molar-refractivity contribution in [1.29, 1.82) is 0 Å². The normalized spacial score (nSPS) is 18.9. The Balaban J connectivity index is 2.18. The Kier molecular flexibility index (Phi) is 3.49. The van der Waals surface area contributed by atoms with Gasteiger partial charge in [0.25, 0.3) is 0 Å². The van der Waals surface area contributed by atoms with Gasteiger partial charge in [-0.25, -0.2) is 0 Å². The van der Waals surface area contributed by atoms with Crippen LogP contribution in [0.4, 0.5) is 5.69 Å². The molecule has 88 valence electrons. The van der Waals surface area contributed by atoms with Gasteiger partial charge in [0.15, 0.2) is 0 Å². The number of hydrogen-bond acceptors (Lipinski definition) is 2. The van der Waals surface area contributed by atoms with Crippen LogP contribution in [0.25, 0.3) is 0 Å². The molecule has 1 aromatic rings. The number of anilines is 1. The van der Waals surface area contributed by atoms with Gasteiger partial charge < -0.3 is 10.2 Å². The minimum absolute atomic E-state index is 0.653. The van der Waals surface area contributed by atoms with Gasteiger partial charge in [-0.1, -0.05) is 18.2 Å². The Morgan fingerprint density at radius 2 is 2.25 bits per heavy atom. The van der Waals surface area contributed by atoms with Gasteiger partial charge in [0.2, 0.25) is 0 Å². The van der Waals surface area contributed by atoms with Crippen molar-refractivity contribution in [2.45, 2.75) is 32.2 Å². The van der Waals surface area contributed by atoms with E-state index < -0.39 is 0 Å². The summed E-state index contributed by atoms with van der Waals surface area (Å²) < 4.78 is 0. The molecular weight excluding hydrogens is 196 g/mol. The fraction of sp³-hybridized carbons (Fsp3) is 0.571. The third-order valence-electron chi connectivity index (χ3n) is 3.61. The SMILES string of the molecule is CNCCCc1cccc2c1N(C)C(C)C2. The molecule has 16 heavy (non-hydrogen) atoms. The first-order chi connectivity index (χ1) is 7.74. The van der Waals surface area contributed by atoms with E-state index in [9.17, 15) is 0 Å². The van der Waals surface area contributed by atoms with Crippen LogP contribution in [-0.4, -0.2) is 26.7 Å². The maximum atomic E-state index is 3.21. The van der Waals surface area contributed by atoms with Gasteiger partial charge in [0, 0.05) is 18.8 Å². The Morgan fingerprint density at radius 1 is 1.44 bits per heavy atom. The summed E-state index contributed by atoms with van der Waals surface area (Å²) in [4.78, 5) is 2.43. The lowest BCUT2D eigenvalue weighted by atomic mass is 10.0. The number of nitrogens with one attached hydrogen (secondary N) is 1. The van der Waals surface area contributed by atoms with Crippen LogP contribution in [-0.2, 0) is 12.8 Å². The molecule has 0 saturated carbocycles. The summed E-state index contributed by atoms with van der Waals surface area (Å²) in [6.07, 6.45) is 3.60. The van der Waals surface area contributed by atoms with E-state index in [1.165, 1.54) is 36.1 Å². The molecule has 1 atom stereocenters. The molecule has 1 unspecified atom stereocenters. The molecule has 0 fully saturated rings. The van der Waals surface area contributed by atoms with Crippen molar-refractivity contribution in [2.24, 2.45) is 0 Å². The van der Waals surface area contributed by atoms with Crippen LogP contribution in [0.2, 0.25) is 0 Å². The lowest BCUT2D eigenvalue weighted by molar-refractivity contribution is 0.715. The molecule has 0 aromatic heterocycles. The third kappa shape index (κ3) is 2.07. The van der Waals surface area contributed by atoms with Crippen LogP contribution in [0.15, 0.2) is 18.2 Å². The van der Waals surface area contributed by atoms with Gasteiger partial charge >= 0.3 is 0 Å². The van der Waals surface area contributed by atoms with Crippen LogP contribution in [0.5, 0.6) is 0 Å². The van der Waals surface area contributed by atoms with E-state index in [-0.39, 0.29) is 0 Å². The number of para-hydroxylation sites is 1. The van der Waals surface area contributed by atoms with Gasteiger partial charge in [-0.2, -0.15) is 0 Å². The second kappa shape index (κ2) is 4.88. The molecule has 1 aromatic carbocycles. The molecule has 0 saturated heterocycles. The summed E-state index contributed by atoms with van der Waals surface area (Å²) in [5.74, 6) is 0. The highest BCUT2D eigenvalue weighted by Gasteiger charge is 2.24. The van der Waals surface area contributed by atoms with E-state index >= 15 is 0 Å². The zero-order valence-electron chi connectivity index (χ0n) is 10.6. The first kappa shape index (κ1) is 11.5.